The van der Waals surface area contributed by atoms with Crippen LogP contribution in [0.2, 0.25) is 0 Å². The number of hydrogen-bond acceptors (Lipinski definition) is 6. The van der Waals surface area contributed by atoms with E-state index in [2.05, 4.69) is 9.27 Å². The van der Waals surface area contributed by atoms with Gasteiger partial charge < -0.3 is 10.6 Å². The summed E-state index contributed by atoms with van der Waals surface area (Å²) in [5.74, 6) is 0.519. The zero-order valence-electron chi connectivity index (χ0n) is 8.96. The van der Waals surface area contributed by atoms with E-state index in [9.17, 15) is 8.42 Å². The summed E-state index contributed by atoms with van der Waals surface area (Å²) in [5, 5.41) is 1.01. The summed E-state index contributed by atoms with van der Waals surface area (Å²) in [6.07, 6.45) is 1.24. The monoisotopic (exact) mass is 262 g/mol. The maximum Gasteiger partial charge on any atom is 0.211 e. The van der Waals surface area contributed by atoms with Gasteiger partial charge in [-0.05, 0) is 11.5 Å². The van der Waals surface area contributed by atoms with E-state index in [0.717, 1.165) is 5.00 Å². The number of anilines is 2. The highest BCUT2D eigenvalue weighted by atomic mass is 32.2. The van der Waals surface area contributed by atoms with Gasteiger partial charge in [-0.1, -0.05) is 0 Å². The molecule has 90 valence electrons. The number of piperazine rings is 1. The average molecular weight is 262 g/mol. The van der Waals surface area contributed by atoms with Crippen LogP contribution in [0.3, 0.4) is 0 Å². The molecule has 2 heterocycles. The van der Waals surface area contributed by atoms with Crippen LogP contribution in [0.1, 0.15) is 0 Å². The fourth-order valence-electron chi connectivity index (χ4n) is 1.67. The van der Waals surface area contributed by atoms with E-state index in [-0.39, 0.29) is 0 Å². The van der Waals surface area contributed by atoms with Crippen molar-refractivity contribution in [1.82, 2.24) is 8.68 Å². The summed E-state index contributed by atoms with van der Waals surface area (Å²) in [4.78, 5) is 2.11. The van der Waals surface area contributed by atoms with Crippen molar-refractivity contribution in [3.8, 4) is 0 Å². The van der Waals surface area contributed by atoms with Gasteiger partial charge in [0.15, 0.2) is 0 Å². The second kappa shape index (κ2) is 4.19. The Kier molecular flexibility index (Phi) is 3.04. The van der Waals surface area contributed by atoms with E-state index in [0.29, 0.717) is 32.0 Å². The van der Waals surface area contributed by atoms with Crippen molar-refractivity contribution in [3.05, 3.63) is 6.07 Å². The van der Waals surface area contributed by atoms with E-state index >= 15 is 0 Å². The molecule has 0 bridgehead atoms. The van der Waals surface area contributed by atoms with Crippen LogP contribution in [0.15, 0.2) is 6.07 Å². The van der Waals surface area contributed by atoms with Crippen molar-refractivity contribution in [2.45, 2.75) is 0 Å². The minimum absolute atomic E-state index is 0.519. The summed E-state index contributed by atoms with van der Waals surface area (Å²) in [6, 6.07) is 1.82. The molecule has 8 heteroatoms. The quantitative estimate of drug-likeness (QED) is 0.799. The molecule has 1 aliphatic heterocycles. The van der Waals surface area contributed by atoms with E-state index in [4.69, 9.17) is 5.73 Å². The predicted molar refractivity (Wildman–Crippen MR) is 65.2 cm³/mol. The van der Waals surface area contributed by atoms with Crippen LogP contribution >= 0.6 is 11.5 Å². The maximum atomic E-state index is 11.3. The topological polar surface area (TPSA) is 79.5 Å². The first kappa shape index (κ1) is 11.6. The molecule has 1 aromatic heterocycles. The molecule has 2 N–H and O–H groups in total. The first-order chi connectivity index (χ1) is 7.47. The molecule has 1 aromatic rings. The summed E-state index contributed by atoms with van der Waals surface area (Å²) < 4.78 is 28.1. The number of nitrogens with two attached hydrogens (primary N) is 1. The fraction of sp³-hybridized carbons (Fsp3) is 0.625. The number of aromatic nitrogens is 1. The average Bonchev–Trinajstić information content (AvgIpc) is 2.64. The third kappa shape index (κ3) is 2.45. The van der Waals surface area contributed by atoms with Crippen LogP contribution in [0.4, 0.5) is 10.8 Å². The molecule has 6 nitrogen and oxygen atoms in total. The third-order valence-electron chi connectivity index (χ3n) is 2.54. The smallest absolute Gasteiger partial charge is 0.211 e. The number of nitrogen functional groups attached to an aromatic ring is 1. The Balaban J connectivity index is 2.00. The molecule has 0 aromatic carbocycles. The lowest BCUT2D eigenvalue weighted by Crippen LogP contribution is -2.48. The van der Waals surface area contributed by atoms with Gasteiger partial charge in [0.1, 0.15) is 10.8 Å². The van der Waals surface area contributed by atoms with Crippen LogP contribution < -0.4 is 10.6 Å². The number of rotatable bonds is 2. The molecule has 2 rings (SSSR count). The second-order valence-electron chi connectivity index (χ2n) is 3.74. The SMILES string of the molecule is CS(=O)(=O)N1CCN(c2cc(N)ns2)CC1. The van der Waals surface area contributed by atoms with Gasteiger partial charge in [-0.25, -0.2) is 8.42 Å². The van der Waals surface area contributed by atoms with Crippen molar-refractivity contribution in [2.75, 3.05) is 43.1 Å². The molecule has 1 fully saturated rings. The first-order valence-corrected chi connectivity index (χ1v) is 7.51. The van der Waals surface area contributed by atoms with Gasteiger partial charge >= 0.3 is 0 Å². The number of hydrogen-bond donors (Lipinski definition) is 1. The van der Waals surface area contributed by atoms with Crippen molar-refractivity contribution in [3.63, 3.8) is 0 Å². The highest BCUT2D eigenvalue weighted by molar-refractivity contribution is 7.88. The Hall–Kier alpha value is -0.860. The summed E-state index contributed by atoms with van der Waals surface area (Å²) in [7, 11) is -3.06. The van der Waals surface area contributed by atoms with Crippen molar-refractivity contribution in [2.24, 2.45) is 0 Å². The molecule has 1 aliphatic rings. The normalized spacial score (nSPS) is 18.9. The molecular formula is C8H14N4O2S2. The largest absolute Gasteiger partial charge is 0.383 e. The van der Waals surface area contributed by atoms with Gasteiger partial charge in [-0.3, -0.25) is 0 Å². The summed E-state index contributed by atoms with van der Waals surface area (Å²) in [6.45, 7) is 2.43. The van der Waals surface area contributed by atoms with Crippen LogP contribution in [0.5, 0.6) is 0 Å². The highest BCUT2D eigenvalue weighted by Crippen LogP contribution is 2.24. The van der Waals surface area contributed by atoms with Crippen LogP contribution in [0.25, 0.3) is 0 Å². The molecular weight excluding hydrogens is 248 g/mol. The zero-order valence-corrected chi connectivity index (χ0v) is 10.6. The van der Waals surface area contributed by atoms with Gasteiger partial charge in [-0.15, -0.1) is 0 Å². The van der Waals surface area contributed by atoms with Gasteiger partial charge in [-0.2, -0.15) is 8.68 Å². The Bertz CT molecular complexity index is 462. The molecule has 0 unspecified atom stereocenters. The number of sulfonamides is 1. The molecule has 0 spiro atoms. The lowest BCUT2D eigenvalue weighted by molar-refractivity contribution is 0.389. The molecule has 0 radical (unpaired) electrons. The van der Waals surface area contributed by atoms with Crippen LogP contribution in [-0.2, 0) is 10.0 Å². The van der Waals surface area contributed by atoms with E-state index in [1.165, 1.54) is 22.1 Å². The highest BCUT2D eigenvalue weighted by Gasteiger charge is 2.24. The Labute approximate surface area is 98.9 Å². The van der Waals surface area contributed by atoms with Crippen LogP contribution in [-0.4, -0.2) is 49.5 Å². The second-order valence-corrected chi connectivity index (χ2v) is 6.50. The molecule has 0 aliphatic carbocycles. The first-order valence-electron chi connectivity index (χ1n) is 4.89. The van der Waals surface area contributed by atoms with E-state index in [1.807, 2.05) is 6.07 Å². The van der Waals surface area contributed by atoms with Gasteiger partial charge in [0.05, 0.1) is 6.26 Å². The predicted octanol–water partition coefficient (Wildman–Crippen LogP) is -0.193. The molecule has 1 saturated heterocycles. The molecule has 0 amide bonds. The minimum Gasteiger partial charge on any atom is -0.383 e. The lowest BCUT2D eigenvalue weighted by Gasteiger charge is -2.33. The standard InChI is InChI=1S/C8H14N4O2S2/c1-16(13,14)12-4-2-11(3-5-12)8-6-7(9)10-15-8/h6H,2-5H2,1H3,(H2,9,10). The fourth-order valence-corrected chi connectivity index (χ4v) is 3.22. The van der Waals surface area contributed by atoms with Crippen molar-refractivity contribution >= 4 is 32.4 Å². The van der Waals surface area contributed by atoms with E-state index < -0.39 is 10.0 Å². The van der Waals surface area contributed by atoms with Gasteiger partial charge in [0, 0.05) is 32.2 Å². The maximum absolute atomic E-state index is 11.3. The van der Waals surface area contributed by atoms with Crippen molar-refractivity contribution < 1.29 is 8.42 Å². The molecule has 16 heavy (non-hydrogen) atoms. The molecule has 0 atom stereocenters. The Morgan fingerprint density at radius 2 is 2.00 bits per heavy atom. The van der Waals surface area contributed by atoms with Crippen LogP contribution in [0, 0.1) is 0 Å². The zero-order chi connectivity index (χ0) is 11.8. The number of nitrogens with zero attached hydrogens (tertiary/aromatic N) is 3. The Morgan fingerprint density at radius 1 is 1.38 bits per heavy atom. The van der Waals surface area contributed by atoms with E-state index in [1.54, 1.807) is 0 Å². The van der Waals surface area contributed by atoms with Gasteiger partial charge in [0.2, 0.25) is 10.0 Å². The summed E-state index contributed by atoms with van der Waals surface area (Å²) in [5.41, 5.74) is 5.55. The van der Waals surface area contributed by atoms with Gasteiger partial charge in [0.25, 0.3) is 0 Å². The summed E-state index contributed by atoms with van der Waals surface area (Å²) >= 11 is 1.35. The third-order valence-corrected chi connectivity index (χ3v) is 4.70. The lowest BCUT2D eigenvalue weighted by atomic mass is 10.4. The minimum atomic E-state index is -3.06. The van der Waals surface area contributed by atoms with Crippen molar-refractivity contribution in [1.29, 1.82) is 0 Å². The molecule has 0 saturated carbocycles. The Morgan fingerprint density at radius 3 is 2.44 bits per heavy atom.